The molecule has 0 atom stereocenters. The van der Waals surface area contributed by atoms with Gasteiger partial charge in [0.15, 0.2) is 0 Å². The topological polar surface area (TPSA) is 50.1 Å². The molecule has 3 nitrogen and oxygen atoms in total. The van der Waals surface area contributed by atoms with Crippen LogP contribution in [0.25, 0.3) is 0 Å². The molecule has 0 heterocycles. The molecule has 4 N–H and O–H groups in total. The third-order valence-electron chi connectivity index (χ3n) is 1.76. The van der Waals surface area contributed by atoms with Gasteiger partial charge in [-0.15, -0.1) is 0 Å². The summed E-state index contributed by atoms with van der Waals surface area (Å²) in [6.07, 6.45) is 3.93. The van der Waals surface area contributed by atoms with E-state index >= 15 is 0 Å². The van der Waals surface area contributed by atoms with E-state index in [0.717, 1.165) is 32.7 Å². The summed E-state index contributed by atoms with van der Waals surface area (Å²) in [6.45, 7) is 7.13. The van der Waals surface area contributed by atoms with E-state index in [1.54, 1.807) is 0 Å². The molecule has 4 heteroatoms. The van der Waals surface area contributed by atoms with Crippen molar-refractivity contribution in [2.24, 2.45) is 5.73 Å². The van der Waals surface area contributed by atoms with Crippen molar-refractivity contribution in [2.75, 3.05) is 32.7 Å². The van der Waals surface area contributed by atoms with Crippen molar-refractivity contribution in [3.8, 4) is 0 Å². The summed E-state index contributed by atoms with van der Waals surface area (Å²) < 4.78 is 0. The van der Waals surface area contributed by atoms with Crippen molar-refractivity contribution >= 4 is 0 Å². The van der Waals surface area contributed by atoms with Gasteiger partial charge in [0, 0.05) is 61.8 Å². The first kappa shape index (κ1) is 16.5. The second kappa shape index (κ2) is 15.5. The van der Waals surface area contributed by atoms with E-state index in [2.05, 4.69) is 17.6 Å². The molecule has 0 rings (SSSR count). The van der Waals surface area contributed by atoms with Crippen LogP contribution in [-0.4, -0.2) is 32.7 Å². The van der Waals surface area contributed by atoms with Gasteiger partial charge in [0.05, 0.1) is 0 Å². The molecule has 0 unspecified atom stereocenters. The molecular weight excluding hydrogens is 289 g/mol. The van der Waals surface area contributed by atoms with Crippen LogP contribution in [-0.2, 0) is 0 Å². The van der Waals surface area contributed by atoms with Gasteiger partial charge in [-0.3, -0.25) is 0 Å². The van der Waals surface area contributed by atoms with E-state index in [0.29, 0.717) is 0 Å². The van der Waals surface area contributed by atoms with Gasteiger partial charge < -0.3 is 16.4 Å². The molecule has 0 saturated heterocycles. The van der Waals surface area contributed by atoms with Gasteiger partial charge in [0.1, 0.15) is 0 Å². The molecule has 0 fully saturated rings. The fraction of sp³-hybridized carbons (Fsp3) is 1.00. The normalized spacial score (nSPS) is 9.69. The van der Waals surface area contributed by atoms with Crippen LogP contribution in [0.1, 0.15) is 26.2 Å². The Bertz CT molecular complexity index is 71.3. The molecule has 0 aromatic heterocycles. The molecule has 0 amide bonds. The molecule has 0 bridgehead atoms. The minimum Gasteiger partial charge on any atom is -0.329 e. The number of rotatable bonds is 9. The van der Waals surface area contributed by atoms with Gasteiger partial charge in [-0.1, -0.05) is 19.8 Å². The first-order chi connectivity index (χ1) is 5.91. The van der Waals surface area contributed by atoms with Gasteiger partial charge in [-0.2, -0.15) is 0 Å². The minimum absolute atomic E-state index is 0. The zero-order valence-corrected chi connectivity index (χ0v) is 12.4. The predicted octanol–water partition coefficient (Wildman–Crippen LogP) is 0.315. The van der Waals surface area contributed by atoms with E-state index in [9.17, 15) is 0 Å². The van der Waals surface area contributed by atoms with Crippen molar-refractivity contribution in [2.45, 2.75) is 26.2 Å². The first-order valence-corrected chi connectivity index (χ1v) is 5.03. The zero-order chi connectivity index (χ0) is 9.07. The Balaban J connectivity index is 0. The van der Waals surface area contributed by atoms with E-state index in [1.807, 2.05) is 0 Å². The Hall–Kier alpha value is 1.07. The molecule has 0 aliphatic carbocycles. The molecule has 0 saturated carbocycles. The van der Waals surface area contributed by atoms with E-state index in [1.165, 1.54) is 19.3 Å². The van der Waals surface area contributed by atoms with Gasteiger partial charge in [-0.25, -0.2) is 0 Å². The van der Waals surface area contributed by atoms with Crippen molar-refractivity contribution in [1.29, 1.82) is 0 Å². The maximum Gasteiger partial charge on any atom is 0.00772 e. The Kier molecular flexibility index (Phi) is 19.7. The summed E-state index contributed by atoms with van der Waals surface area (Å²) in [5.41, 5.74) is 5.33. The monoisotopic (exact) mass is 312 g/mol. The summed E-state index contributed by atoms with van der Waals surface area (Å²) in [5.74, 6) is 0. The van der Waals surface area contributed by atoms with Crippen LogP contribution in [0.5, 0.6) is 0 Å². The van der Waals surface area contributed by atoms with Crippen LogP contribution in [0.3, 0.4) is 0 Å². The first-order valence-electron chi connectivity index (χ1n) is 5.03. The Morgan fingerprint density at radius 3 is 2.08 bits per heavy atom. The van der Waals surface area contributed by atoms with Crippen LogP contribution in [0.4, 0.5) is 0 Å². The van der Waals surface area contributed by atoms with Crippen molar-refractivity contribution in [3.05, 3.63) is 0 Å². The number of unbranched alkanes of at least 4 members (excludes halogenated alkanes) is 2. The number of nitrogens with two attached hydrogens (primary N) is 1. The van der Waals surface area contributed by atoms with Gasteiger partial charge in [-0.05, 0) is 13.0 Å². The van der Waals surface area contributed by atoms with Crippen molar-refractivity contribution in [3.63, 3.8) is 0 Å². The molecule has 0 aromatic carbocycles. The average molecular weight is 312 g/mol. The summed E-state index contributed by atoms with van der Waals surface area (Å²) in [5, 5.41) is 6.61. The smallest absolute Gasteiger partial charge is 0.00772 e. The molecule has 1 radical (unpaired) electrons. The van der Waals surface area contributed by atoms with Crippen molar-refractivity contribution in [1.82, 2.24) is 10.6 Å². The second-order valence-corrected chi connectivity index (χ2v) is 3.00. The maximum atomic E-state index is 5.33. The third kappa shape index (κ3) is 15.8. The maximum absolute atomic E-state index is 5.33. The van der Waals surface area contributed by atoms with Gasteiger partial charge in [0.2, 0.25) is 0 Å². The van der Waals surface area contributed by atoms with Crippen LogP contribution in [0.15, 0.2) is 0 Å². The summed E-state index contributed by atoms with van der Waals surface area (Å²) in [6, 6.07) is 0. The Morgan fingerprint density at radius 1 is 0.923 bits per heavy atom. The van der Waals surface area contributed by atoms with Gasteiger partial charge in [0.25, 0.3) is 0 Å². The van der Waals surface area contributed by atoms with Gasteiger partial charge >= 0.3 is 0 Å². The molecule has 0 aromatic rings. The minimum atomic E-state index is 0. The predicted molar refractivity (Wildman–Crippen MR) is 54.3 cm³/mol. The fourth-order valence-electron chi connectivity index (χ4n) is 1.03. The van der Waals surface area contributed by atoms with E-state index in [4.69, 9.17) is 5.73 Å². The van der Waals surface area contributed by atoms with Crippen LogP contribution in [0, 0.1) is 35.6 Å². The van der Waals surface area contributed by atoms with Crippen molar-refractivity contribution < 1.29 is 35.6 Å². The largest absolute Gasteiger partial charge is 0.329 e. The molecule has 0 aliphatic rings. The van der Waals surface area contributed by atoms with Crippen LogP contribution >= 0.6 is 0 Å². The molecule has 77 valence electrons. The zero-order valence-electron chi connectivity index (χ0n) is 8.81. The summed E-state index contributed by atoms with van der Waals surface area (Å²) >= 11 is 0. The molecule has 0 spiro atoms. The summed E-state index contributed by atoms with van der Waals surface area (Å²) in [4.78, 5) is 0. The Labute approximate surface area is 110 Å². The SMILES string of the molecule is CCCCCNCCNCCN.[La]. The number of hydrogen-bond donors (Lipinski definition) is 3. The molecule has 0 aliphatic heterocycles. The van der Waals surface area contributed by atoms with Crippen LogP contribution < -0.4 is 16.4 Å². The molecule has 13 heavy (non-hydrogen) atoms. The third-order valence-corrected chi connectivity index (χ3v) is 1.76. The quantitative estimate of drug-likeness (QED) is 0.537. The van der Waals surface area contributed by atoms with E-state index < -0.39 is 0 Å². The fourth-order valence-corrected chi connectivity index (χ4v) is 1.03. The summed E-state index contributed by atoms with van der Waals surface area (Å²) in [7, 11) is 0. The van der Waals surface area contributed by atoms with E-state index in [-0.39, 0.29) is 35.6 Å². The number of hydrogen-bond acceptors (Lipinski definition) is 3. The number of nitrogens with one attached hydrogen (secondary N) is 2. The second-order valence-electron chi connectivity index (χ2n) is 3.00. The molecular formula is C9H23LaN3. The average Bonchev–Trinajstić information content (AvgIpc) is 2.10. The Morgan fingerprint density at radius 2 is 1.54 bits per heavy atom. The van der Waals surface area contributed by atoms with Crippen LogP contribution in [0.2, 0.25) is 0 Å². The standard InChI is InChI=1S/C9H23N3.La/c1-2-3-4-6-11-8-9-12-7-5-10;/h11-12H,2-10H2,1H3;.